The lowest BCUT2D eigenvalue weighted by Crippen LogP contribution is -2.33. The molecule has 3 heterocycles. The van der Waals surface area contributed by atoms with E-state index in [2.05, 4.69) is 20.3 Å². The van der Waals surface area contributed by atoms with Crippen LogP contribution in [0.5, 0.6) is 0 Å². The fourth-order valence-corrected chi connectivity index (χ4v) is 3.35. The van der Waals surface area contributed by atoms with Gasteiger partial charge < -0.3 is 5.32 Å². The number of thiazole rings is 1. The van der Waals surface area contributed by atoms with E-state index in [0.29, 0.717) is 12.4 Å². The summed E-state index contributed by atoms with van der Waals surface area (Å²) in [4.78, 5) is 18.6. The number of amides is 1. The predicted octanol–water partition coefficient (Wildman–Crippen LogP) is 1.65. The lowest BCUT2D eigenvalue weighted by molar-refractivity contribution is -0.117. The summed E-state index contributed by atoms with van der Waals surface area (Å²) in [6, 6.07) is 2.07. The summed E-state index contributed by atoms with van der Waals surface area (Å²) in [5.74, 6) is 0.578. The largest absolute Gasteiger partial charge is 0.308 e. The maximum atomic E-state index is 12.1. The molecule has 1 atom stereocenters. The molecule has 1 fully saturated rings. The van der Waals surface area contributed by atoms with Crippen LogP contribution in [-0.2, 0) is 11.8 Å². The van der Waals surface area contributed by atoms with Gasteiger partial charge in [0.2, 0.25) is 5.91 Å². The Balaban J connectivity index is 1.60. The molecule has 6 nitrogen and oxygen atoms in total. The van der Waals surface area contributed by atoms with Crippen LogP contribution >= 0.6 is 11.3 Å². The first-order valence-corrected chi connectivity index (χ1v) is 7.53. The summed E-state index contributed by atoms with van der Waals surface area (Å²) >= 11 is 1.66. The Bertz CT molecular complexity index is 579. The normalized spacial score (nSPS) is 19.4. The van der Waals surface area contributed by atoms with Crippen molar-refractivity contribution in [1.29, 1.82) is 0 Å². The Labute approximate surface area is 121 Å². The zero-order valence-corrected chi connectivity index (χ0v) is 12.1. The highest BCUT2D eigenvalue weighted by molar-refractivity contribution is 7.09. The summed E-state index contributed by atoms with van der Waals surface area (Å²) in [6.07, 6.45) is 5.82. The molecule has 3 rings (SSSR count). The number of hydrogen-bond donors (Lipinski definition) is 1. The zero-order chi connectivity index (χ0) is 13.9. The van der Waals surface area contributed by atoms with Gasteiger partial charge in [-0.05, 0) is 19.4 Å². The number of nitrogens with one attached hydrogen (secondary N) is 1. The maximum absolute atomic E-state index is 12.1. The van der Waals surface area contributed by atoms with Crippen molar-refractivity contribution in [3.05, 3.63) is 28.8 Å². The highest BCUT2D eigenvalue weighted by Crippen LogP contribution is 2.32. The first kappa shape index (κ1) is 13.3. The molecule has 2 aromatic rings. The van der Waals surface area contributed by atoms with Crippen molar-refractivity contribution < 1.29 is 4.79 Å². The number of nitrogens with zero attached hydrogens (tertiary/aromatic N) is 4. The highest BCUT2D eigenvalue weighted by atomic mass is 32.1. The Hall–Kier alpha value is -1.73. The molecule has 1 saturated heterocycles. The molecule has 1 unspecified atom stereocenters. The molecule has 0 radical (unpaired) electrons. The van der Waals surface area contributed by atoms with Gasteiger partial charge in [-0.2, -0.15) is 5.10 Å². The molecule has 2 aromatic heterocycles. The van der Waals surface area contributed by atoms with Crippen LogP contribution in [0.25, 0.3) is 0 Å². The Morgan fingerprint density at radius 3 is 3.20 bits per heavy atom. The minimum Gasteiger partial charge on any atom is -0.308 e. The average molecular weight is 291 g/mol. The second-order valence-electron chi connectivity index (χ2n) is 4.92. The Morgan fingerprint density at radius 2 is 2.50 bits per heavy atom. The number of carbonyl (C=O) groups is 1. The van der Waals surface area contributed by atoms with Crippen LogP contribution in [0.4, 0.5) is 5.82 Å². The molecule has 0 saturated carbocycles. The van der Waals surface area contributed by atoms with E-state index in [1.807, 2.05) is 24.8 Å². The van der Waals surface area contributed by atoms with Crippen LogP contribution in [0.2, 0.25) is 0 Å². The van der Waals surface area contributed by atoms with E-state index in [1.165, 1.54) is 0 Å². The van der Waals surface area contributed by atoms with E-state index < -0.39 is 0 Å². The molecule has 0 aromatic carbocycles. The SMILES string of the molecule is Cn1ccc(NC(=O)CN2CCCC2c2nccs2)n1. The smallest absolute Gasteiger partial charge is 0.239 e. The van der Waals surface area contributed by atoms with Gasteiger partial charge in [0, 0.05) is 30.9 Å². The molecule has 1 amide bonds. The fraction of sp³-hybridized carbons (Fsp3) is 0.462. The Kier molecular flexibility index (Phi) is 3.79. The van der Waals surface area contributed by atoms with Crippen molar-refractivity contribution >= 4 is 23.1 Å². The number of aryl methyl sites for hydroxylation is 1. The number of likely N-dealkylation sites (tertiary alicyclic amines) is 1. The van der Waals surface area contributed by atoms with E-state index >= 15 is 0 Å². The summed E-state index contributed by atoms with van der Waals surface area (Å²) < 4.78 is 1.67. The summed E-state index contributed by atoms with van der Waals surface area (Å²) in [7, 11) is 1.83. The summed E-state index contributed by atoms with van der Waals surface area (Å²) in [6.45, 7) is 1.33. The van der Waals surface area contributed by atoms with E-state index in [-0.39, 0.29) is 11.9 Å². The molecular weight excluding hydrogens is 274 g/mol. The van der Waals surface area contributed by atoms with Crippen molar-refractivity contribution in [3.63, 3.8) is 0 Å². The van der Waals surface area contributed by atoms with Crippen LogP contribution in [-0.4, -0.2) is 38.7 Å². The minimum atomic E-state index is -0.0212. The molecule has 0 spiro atoms. The minimum absolute atomic E-state index is 0.0212. The number of rotatable bonds is 4. The van der Waals surface area contributed by atoms with Crippen LogP contribution in [0, 0.1) is 0 Å². The molecule has 1 N–H and O–H groups in total. The van der Waals surface area contributed by atoms with Gasteiger partial charge >= 0.3 is 0 Å². The summed E-state index contributed by atoms with van der Waals surface area (Å²) in [5.41, 5.74) is 0. The molecule has 0 aliphatic carbocycles. The van der Waals surface area contributed by atoms with Crippen LogP contribution in [0.1, 0.15) is 23.9 Å². The Morgan fingerprint density at radius 1 is 1.60 bits per heavy atom. The van der Waals surface area contributed by atoms with E-state index in [4.69, 9.17) is 0 Å². The standard InChI is InChI=1S/C13H17N5OS/c1-17-7-4-11(16-17)15-12(19)9-18-6-2-3-10(18)13-14-5-8-20-13/h4-5,7-8,10H,2-3,6,9H2,1H3,(H,15,16,19). The van der Waals surface area contributed by atoms with Crippen LogP contribution < -0.4 is 5.32 Å². The van der Waals surface area contributed by atoms with Gasteiger partial charge in [0.25, 0.3) is 0 Å². The molecule has 1 aliphatic rings. The highest BCUT2D eigenvalue weighted by Gasteiger charge is 2.29. The van der Waals surface area contributed by atoms with Gasteiger partial charge in [-0.1, -0.05) is 0 Å². The first-order chi connectivity index (χ1) is 9.72. The predicted molar refractivity (Wildman–Crippen MR) is 77.5 cm³/mol. The molecule has 20 heavy (non-hydrogen) atoms. The molecule has 1 aliphatic heterocycles. The number of hydrogen-bond acceptors (Lipinski definition) is 5. The molecule has 0 bridgehead atoms. The van der Waals surface area contributed by atoms with Gasteiger partial charge in [-0.25, -0.2) is 4.98 Å². The third kappa shape index (κ3) is 2.88. The molecule has 106 valence electrons. The zero-order valence-electron chi connectivity index (χ0n) is 11.3. The van der Waals surface area contributed by atoms with E-state index in [1.54, 1.807) is 22.1 Å². The van der Waals surface area contributed by atoms with Crippen molar-refractivity contribution in [2.45, 2.75) is 18.9 Å². The van der Waals surface area contributed by atoms with Gasteiger partial charge in [0.05, 0.1) is 12.6 Å². The topological polar surface area (TPSA) is 63.1 Å². The quantitative estimate of drug-likeness (QED) is 0.930. The molecule has 7 heteroatoms. The lowest BCUT2D eigenvalue weighted by Gasteiger charge is -2.21. The molecular formula is C13H17N5OS. The van der Waals surface area contributed by atoms with E-state index in [0.717, 1.165) is 24.4 Å². The maximum Gasteiger partial charge on any atom is 0.239 e. The van der Waals surface area contributed by atoms with Gasteiger partial charge in [-0.15, -0.1) is 11.3 Å². The number of carbonyl (C=O) groups excluding carboxylic acids is 1. The van der Waals surface area contributed by atoms with Gasteiger partial charge in [0.15, 0.2) is 5.82 Å². The van der Waals surface area contributed by atoms with Crippen molar-refractivity contribution in [2.24, 2.45) is 7.05 Å². The number of aromatic nitrogens is 3. The second kappa shape index (κ2) is 5.72. The third-order valence-electron chi connectivity index (χ3n) is 3.43. The average Bonchev–Trinajstić information content (AvgIpc) is 3.10. The van der Waals surface area contributed by atoms with Crippen molar-refractivity contribution in [2.75, 3.05) is 18.4 Å². The van der Waals surface area contributed by atoms with Crippen LogP contribution in [0.3, 0.4) is 0 Å². The van der Waals surface area contributed by atoms with Crippen molar-refractivity contribution in [1.82, 2.24) is 19.7 Å². The van der Waals surface area contributed by atoms with Gasteiger partial charge in [0.1, 0.15) is 5.01 Å². The van der Waals surface area contributed by atoms with Crippen molar-refractivity contribution in [3.8, 4) is 0 Å². The second-order valence-corrected chi connectivity index (χ2v) is 5.85. The number of anilines is 1. The van der Waals surface area contributed by atoms with Gasteiger partial charge in [-0.3, -0.25) is 14.4 Å². The monoisotopic (exact) mass is 291 g/mol. The van der Waals surface area contributed by atoms with E-state index in [9.17, 15) is 4.79 Å². The summed E-state index contributed by atoms with van der Waals surface area (Å²) in [5, 5.41) is 10.1. The fourth-order valence-electron chi connectivity index (χ4n) is 2.54. The first-order valence-electron chi connectivity index (χ1n) is 6.65. The lowest BCUT2D eigenvalue weighted by atomic mass is 10.2. The van der Waals surface area contributed by atoms with Crippen LogP contribution in [0.15, 0.2) is 23.8 Å². The third-order valence-corrected chi connectivity index (χ3v) is 4.30.